The maximum atomic E-state index is 11.0. The Bertz CT molecular complexity index is 623. The molecule has 1 aliphatic carbocycles. The Kier molecular flexibility index (Phi) is 2.95. The van der Waals surface area contributed by atoms with Gasteiger partial charge >= 0.3 is 5.97 Å². The number of hydrogen-bond donors (Lipinski definition) is 1. The highest BCUT2D eigenvalue weighted by atomic mass is 16.4. The summed E-state index contributed by atoms with van der Waals surface area (Å²) < 4.78 is 5.39. The van der Waals surface area contributed by atoms with Crippen LogP contribution in [-0.4, -0.2) is 11.1 Å². The summed E-state index contributed by atoms with van der Waals surface area (Å²) >= 11 is 0. The summed E-state index contributed by atoms with van der Waals surface area (Å²) in [5.74, 6) is 0.208. The van der Waals surface area contributed by atoms with E-state index in [1.165, 1.54) is 5.56 Å². The molecule has 1 atom stereocenters. The second-order valence-electron chi connectivity index (χ2n) is 4.75. The quantitative estimate of drug-likeness (QED) is 0.908. The van der Waals surface area contributed by atoms with E-state index in [9.17, 15) is 4.79 Å². The zero-order chi connectivity index (χ0) is 13.2. The van der Waals surface area contributed by atoms with E-state index in [1.54, 1.807) is 6.26 Å². The van der Waals surface area contributed by atoms with Gasteiger partial charge in [-0.2, -0.15) is 0 Å². The highest BCUT2D eigenvalue weighted by Crippen LogP contribution is 2.39. The number of carbonyl (C=O) groups is 1. The molecule has 0 amide bonds. The molecular weight excluding hydrogens is 240 g/mol. The third-order valence-electron chi connectivity index (χ3n) is 3.50. The Morgan fingerprint density at radius 1 is 1.21 bits per heavy atom. The predicted molar refractivity (Wildman–Crippen MR) is 71.8 cm³/mol. The Hall–Kier alpha value is -2.29. The molecule has 1 heterocycles. The number of benzene rings is 1. The van der Waals surface area contributed by atoms with E-state index < -0.39 is 5.97 Å². The zero-order valence-corrected chi connectivity index (χ0v) is 10.4. The smallest absolute Gasteiger partial charge is 0.307 e. The molecule has 1 N–H and O–H groups in total. The first-order valence-corrected chi connectivity index (χ1v) is 6.27. The summed E-state index contributed by atoms with van der Waals surface area (Å²) in [5.41, 5.74) is 3.26. The van der Waals surface area contributed by atoms with Crippen LogP contribution in [0.25, 0.3) is 6.08 Å². The van der Waals surface area contributed by atoms with E-state index in [4.69, 9.17) is 9.52 Å². The SMILES string of the molecule is O=C(O)CC1=Cc2ccccc2C1Cc1ccco1. The van der Waals surface area contributed by atoms with Crippen LogP contribution >= 0.6 is 0 Å². The lowest BCUT2D eigenvalue weighted by Gasteiger charge is -2.14. The normalized spacial score (nSPS) is 17.1. The third kappa shape index (κ3) is 2.32. The molecule has 19 heavy (non-hydrogen) atoms. The average Bonchev–Trinajstić information content (AvgIpc) is 2.99. The summed E-state index contributed by atoms with van der Waals surface area (Å²) in [6.07, 6.45) is 4.44. The van der Waals surface area contributed by atoms with E-state index in [2.05, 4.69) is 6.07 Å². The lowest BCUT2D eigenvalue weighted by Crippen LogP contribution is -2.06. The van der Waals surface area contributed by atoms with Crippen LogP contribution in [0.1, 0.15) is 29.2 Å². The number of hydrogen-bond acceptors (Lipinski definition) is 2. The molecule has 0 saturated heterocycles. The Morgan fingerprint density at radius 2 is 2.05 bits per heavy atom. The first-order chi connectivity index (χ1) is 9.24. The van der Waals surface area contributed by atoms with Gasteiger partial charge in [-0.15, -0.1) is 0 Å². The van der Waals surface area contributed by atoms with Crippen LogP contribution in [0.4, 0.5) is 0 Å². The number of furan rings is 1. The van der Waals surface area contributed by atoms with E-state index >= 15 is 0 Å². The first-order valence-electron chi connectivity index (χ1n) is 6.27. The minimum Gasteiger partial charge on any atom is -0.481 e. The van der Waals surface area contributed by atoms with Gasteiger partial charge in [0.1, 0.15) is 5.76 Å². The van der Waals surface area contributed by atoms with Crippen molar-refractivity contribution in [2.24, 2.45) is 0 Å². The topological polar surface area (TPSA) is 50.4 Å². The molecular formula is C16H14O3. The van der Waals surface area contributed by atoms with Crippen molar-refractivity contribution in [2.45, 2.75) is 18.8 Å². The van der Waals surface area contributed by atoms with Gasteiger partial charge in [-0.1, -0.05) is 35.9 Å². The lowest BCUT2D eigenvalue weighted by atomic mass is 9.90. The van der Waals surface area contributed by atoms with Gasteiger partial charge in [0.15, 0.2) is 0 Å². The molecule has 0 saturated carbocycles. The number of aliphatic carboxylic acids is 1. The van der Waals surface area contributed by atoms with Crippen molar-refractivity contribution in [3.8, 4) is 0 Å². The molecule has 1 unspecified atom stereocenters. The summed E-state index contributed by atoms with van der Waals surface area (Å²) in [5, 5.41) is 9.03. The molecule has 0 aliphatic heterocycles. The van der Waals surface area contributed by atoms with Crippen LogP contribution in [-0.2, 0) is 11.2 Å². The Morgan fingerprint density at radius 3 is 2.79 bits per heavy atom. The predicted octanol–water partition coefficient (Wildman–Crippen LogP) is 3.48. The van der Waals surface area contributed by atoms with Crippen molar-refractivity contribution in [1.82, 2.24) is 0 Å². The molecule has 2 aromatic rings. The van der Waals surface area contributed by atoms with E-state index in [0.29, 0.717) is 6.42 Å². The van der Waals surface area contributed by atoms with Crippen molar-refractivity contribution < 1.29 is 14.3 Å². The van der Waals surface area contributed by atoms with Crippen LogP contribution in [0.15, 0.2) is 52.7 Å². The second-order valence-corrected chi connectivity index (χ2v) is 4.75. The number of fused-ring (bicyclic) bond motifs is 1. The summed E-state index contributed by atoms with van der Waals surface area (Å²) in [4.78, 5) is 11.0. The minimum absolute atomic E-state index is 0.0834. The highest BCUT2D eigenvalue weighted by Gasteiger charge is 2.27. The highest BCUT2D eigenvalue weighted by molar-refractivity contribution is 5.77. The fourth-order valence-corrected chi connectivity index (χ4v) is 2.68. The Labute approximate surface area is 111 Å². The number of carboxylic acid groups (broad SMARTS) is 1. The molecule has 96 valence electrons. The second kappa shape index (κ2) is 4.76. The van der Waals surface area contributed by atoms with Gasteiger partial charge in [-0.3, -0.25) is 4.79 Å². The monoisotopic (exact) mass is 254 g/mol. The van der Waals surface area contributed by atoms with Gasteiger partial charge < -0.3 is 9.52 Å². The fourth-order valence-electron chi connectivity index (χ4n) is 2.68. The maximum Gasteiger partial charge on any atom is 0.307 e. The van der Waals surface area contributed by atoms with Gasteiger partial charge in [-0.25, -0.2) is 0 Å². The molecule has 0 bridgehead atoms. The zero-order valence-electron chi connectivity index (χ0n) is 10.4. The number of rotatable bonds is 4. The summed E-state index contributed by atoms with van der Waals surface area (Å²) in [6.45, 7) is 0. The molecule has 3 nitrogen and oxygen atoms in total. The largest absolute Gasteiger partial charge is 0.481 e. The van der Waals surface area contributed by atoms with Crippen LogP contribution in [0.5, 0.6) is 0 Å². The van der Waals surface area contributed by atoms with Crippen molar-refractivity contribution >= 4 is 12.0 Å². The van der Waals surface area contributed by atoms with E-state index in [0.717, 1.165) is 16.9 Å². The van der Waals surface area contributed by atoms with E-state index in [-0.39, 0.29) is 12.3 Å². The lowest BCUT2D eigenvalue weighted by molar-refractivity contribution is -0.136. The van der Waals surface area contributed by atoms with Crippen molar-refractivity contribution in [3.05, 3.63) is 65.1 Å². The third-order valence-corrected chi connectivity index (χ3v) is 3.50. The molecule has 1 aliphatic rings. The maximum absolute atomic E-state index is 11.0. The van der Waals surface area contributed by atoms with Gasteiger partial charge in [-0.05, 0) is 23.3 Å². The Balaban J connectivity index is 1.93. The average molecular weight is 254 g/mol. The molecule has 0 spiro atoms. The fraction of sp³-hybridized carbons (Fsp3) is 0.188. The number of carboxylic acids is 1. The molecule has 0 fully saturated rings. The standard InChI is InChI=1S/C16H14O3/c17-16(18)9-12-8-11-4-1-2-6-14(11)15(12)10-13-5-3-7-19-13/h1-8,15H,9-10H2,(H,17,18). The van der Waals surface area contributed by atoms with Gasteiger partial charge in [0.05, 0.1) is 12.7 Å². The van der Waals surface area contributed by atoms with Gasteiger partial charge in [0, 0.05) is 12.3 Å². The summed E-state index contributed by atoms with van der Waals surface area (Å²) in [6, 6.07) is 11.8. The van der Waals surface area contributed by atoms with E-state index in [1.807, 2.05) is 36.4 Å². The van der Waals surface area contributed by atoms with Crippen molar-refractivity contribution in [2.75, 3.05) is 0 Å². The molecule has 1 aromatic heterocycles. The van der Waals surface area contributed by atoms with Crippen molar-refractivity contribution in [3.63, 3.8) is 0 Å². The van der Waals surface area contributed by atoms with Crippen LogP contribution in [0.3, 0.4) is 0 Å². The molecule has 1 aromatic carbocycles. The molecule has 3 heteroatoms. The molecule has 3 rings (SSSR count). The summed E-state index contributed by atoms with van der Waals surface area (Å²) in [7, 11) is 0. The molecule has 0 radical (unpaired) electrons. The van der Waals surface area contributed by atoms with Crippen LogP contribution in [0, 0.1) is 0 Å². The van der Waals surface area contributed by atoms with Gasteiger partial charge in [0.2, 0.25) is 0 Å². The van der Waals surface area contributed by atoms with Gasteiger partial charge in [0.25, 0.3) is 0 Å². The first kappa shape index (κ1) is 11.8. The van der Waals surface area contributed by atoms with Crippen molar-refractivity contribution in [1.29, 1.82) is 0 Å². The minimum atomic E-state index is -0.788. The van der Waals surface area contributed by atoms with Crippen LogP contribution in [0.2, 0.25) is 0 Å². The van der Waals surface area contributed by atoms with Crippen LogP contribution < -0.4 is 0 Å².